The van der Waals surface area contributed by atoms with E-state index in [1.54, 1.807) is 13.0 Å². The normalized spacial score (nSPS) is 16.6. The van der Waals surface area contributed by atoms with Crippen LogP contribution in [0.3, 0.4) is 0 Å². The molecule has 0 aliphatic carbocycles. The quantitative estimate of drug-likeness (QED) is 0.412. The number of amides is 2. The van der Waals surface area contributed by atoms with Gasteiger partial charge in [0.1, 0.15) is 17.0 Å². The van der Waals surface area contributed by atoms with Crippen molar-refractivity contribution in [3.63, 3.8) is 0 Å². The number of pyridine rings is 2. The summed E-state index contributed by atoms with van der Waals surface area (Å²) < 4.78 is 4.01. The van der Waals surface area contributed by atoms with Gasteiger partial charge in [-0.25, -0.2) is 4.98 Å². The summed E-state index contributed by atoms with van der Waals surface area (Å²) in [6, 6.07) is 11.6. The van der Waals surface area contributed by atoms with E-state index < -0.39 is 0 Å². The number of carbonyl (C=O) groups is 2. The van der Waals surface area contributed by atoms with E-state index in [-0.39, 0.29) is 22.8 Å². The average Bonchev–Trinajstić information content (AvgIpc) is 3.59. The van der Waals surface area contributed by atoms with Gasteiger partial charge in [-0.15, -0.1) is 0 Å². The van der Waals surface area contributed by atoms with E-state index in [1.807, 2.05) is 51.1 Å². The minimum atomic E-state index is -0.347. The van der Waals surface area contributed by atoms with Gasteiger partial charge >= 0.3 is 0 Å². The molecule has 0 spiro atoms. The zero-order chi connectivity index (χ0) is 27.1. The molecule has 204 valence electrons. The highest BCUT2D eigenvalue weighted by Crippen LogP contribution is 2.28. The van der Waals surface area contributed by atoms with Crippen LogP contribution in [-0.2, 0) is 11.3 Å². The Kier molecular flexibility index (Phi) is 6.72. The number of rotatable bonds is 6. The fourth-order valence-corrected chi connectivity index (χ4v) is 6.09. The summed E-state index contributed by atoms with van der Waals surface area (Å²) in [5.41, 5.74) is 2.81. The molecule has 2 amide bonds. The molecule has 1 aromatic carbocycles. The van der Waals surface area contributed by atoms with Crippen LogP contribution in [0, 0.1) is 0 Å². The maximum Gasteiger partial charge on any atom is 0.259 e. The Morgan fingerprint density at radius 3 is 2.36 bits per heavy atom. The molecule has 0 radical (unpaired) electrons. The van der Waals surface area contributed by atoms with Crippen molar-refractivity contribution in [2.24, 2.45) is 0 Å². The van der Waals surface area contributed by atoms with E-state index in [4.69, 9.17) is 4.98 Å². The zero-order valence-corrected chi connectivity index (χ0v) is 22.7. The Hall–Kier alpha value is -3.92. The van der Waals surface area contributed by atoms with Crippen LogP contribution in [0.2, 0.25) is 0 Å². The lowest BCUT2D eigenvalue weighted by atomic mass is 10.1. The third-order valence-electron chi connectivity index (χ3n) is 8.15. The number of hydrogen-bond donors (Lipinski definition) is 1. The molecule has 10 heteroatoms. The number of anilines is 1. The Morgan fingerprint density at radius 1 is 0.949 bits per heavy atom. The molecule has 5 heterocycles. The first-order valence-electron chi connectivity index (χ1n) is 14.0. The number of aryl methyl sites for hydroxylation is 1. The van der Waals surface area contributed by atoms with Gasteiger partial charge < -0.3 is 24.6 Å². The van der Waals surface area contributed by atoms with Crippen LogP contribution >= 0.6 is 0 Å². The lowest BCUT2D eigenvalue weighted by molar-refractivity contribution is -0.129. The van der Waals surface area contributed by atoms with Crippen molar-refractivity contribution in [3.8, 4) is 0 Å². The van der Waals surface area contributed by atoms with Gasteiger partial charge in [0.25, 0.3) is 5.91 Å². The van der Waals surface area contributed by atoms with Crippen LogP contribution in [0.1, 0.15) is 37.0 Å². The minimum Gasteiger partial charge on any atom is -0.353 e. The molecule has 2 fully saturated rings. The molecule has 2 saturated heterocycles. The molecule has 39 heavy (non-hydrogen) atoms. The second kappa shape index (κ2) is 10.3. The van der Waals surface area contributed by atoms with Gasteiger partial charge in [-0.2, -0.15) is 0 Å². The van der Waals surface area contributed by atoms with E-state index in [2.05, 4.69) is 15.1 Å². The fraction of sp³-hybridized carbons (Fsp3) is 0.448. The highest BCUT2D eigenvalue weighted by atomic mass is 16.2. The van der Waals surface area contributed by atoms with Crippen molar-refractivity contribution in [3.05, 3.63) is 52.2 Å². The summed E-state index contributed by atoms with van der Waals surface area (Å²) >= 11 is 0. The van der Waals surface area contributed by atoms with Gasteiger partial charge in [-0.3, -0.25) is 18.8 Å². The highest BCUT2D eigenvalue weighted by Gasteiger charge is 2.26. The lowest BCUT2D eigenvalue weighted by Crippen LogP contribution is -2.48. The van der Waals surface area contributed by atoms with E-state index in [0.717, 1.165) is 36.5 Å². The number of benzene rings is 1. The maximum absolute atomic E-state index is 14.0. The van der Waals surface area contributed by atoms with Crippen molar-refractivity contribution < 1.29 is 9.59 Å². The summed E-state index contributed by atoms with van der Waals surface area (Å²) in [5, 5.41) is 3.45. The van der Waals surface area contributed by atoms with Gasteiger partial charge in [-0.1, -0.05) is 12.1 Å². The Balaban J connectivity index is 1.48. The number of piperazine rings is 1. The monoisotopic (exact) mass is 529 g/mol. The molecular formula is C29H35N7O3. The van der Waals surface area contributed by atoms with Gasteiger partial charge in [-0.05, 0) is 57.1 Å². The first-order chi connectivity index (χ1) is 19.0. The largest absolute Gasteiger partial charge is 0.353 e. The lowest BCUT2D eigenvalue weighted by Gasteiger charge is -2.35. The topological polar surface area (TPSA) is 95.2 Å². The number of fused-ring (bicyclic) bond motifs is 5. The van der Waals surface area contributed by atoms with Crippen molar-refractivity contribution in [2.75, 3.05) is 57.3 Å². The molecule has 0 bridgehead atoms. The van der Waals surface area contributed by atoms with E-state index in [1.165, 1.54) is 12.8 Å². The molecule has 1 N–H and O–H groups in total. The van der Waals surface area contributed by atoms with Crippen LogP contribution in [0.5, 0.6) is 0 Å². The van der Waals surface area contributed by atoms with Gasteiger partial charge in [0.15, 0.2) is 5.65 Å². The molecule has 10 nitrogen and oxygen atoms in total. The van der Waals surface area contributed by atoms with Gasteiger partial charge in [0.2, 0.25) is 11.3 Å². The SMILES string of the molecule is CCn1c2ccccc2n2c3nc(N4CCN(C(C)=O)CC4)ccc3c(=O)c(C(=O)NCCN3CCCC3)c12. The summed E-state index contributed by atoms with van der Waals surface area (Å²) in [6.07, 6.45) is 2.39. The van der Waals surface area contributed by atoms with Crippen molar-refractivity contribution in [2.45, 2.75) is 33.2 Å². The maximum atomic E-state index is 14.0. The molecular weight excluding hydrogens is 494 g/mol. The first kappa shape index (κ1) is 25.4. The number of aromatic nitrogens is 3. The molecule has 2 aliphatic heterocycles. The number of hydrogen-bond acceptors (Lipinski definition) is 6. The molecule has 2 aliphatic rings. The summed E-state index contributed by atoms with van der Waals surface area (Å²) in [4.78, 5) is 50.7. The standard InChI is InChI=1S/C29H35N7O3/c1-3-35-22-8-4-5-9-23(22)36-27-21(10-11-24(31-27)34-18-16-33(17-19-34)20(2)37)26(38)25(29(35)36)28(39)30-12-15-32-13-6-7-14-32/h4-5,8-11H,3,6-7,12-19H2,1-2H3,(H,30,39). The number of para-hydroxylation sites is 2. The third-order valence-corrected chi connectivity index (χ3v) is 8.15. The van der Waals surface area contributed by atoms with Crippen LogP contribution in [0.25, 0.3) is 27.7 Å². The van der Waals surface area contributed by atoms with Crippen molar-refractivity contribution in [1.29, 1.82) is 0 Å². The van der Waals surface area contributed by atoms with Gasteiger partial charge in [0.05, 0.1) is 16.4 Å². The number of likely N-dealkylation sites (tertiary alicyclic amines) is 1. The Morgan fingerprint density at radius 2 is 1.67 bits per heavy atom. The minimum absolute atomic E-state index is 0.0768. The molecule has 4 aromatic rings. The van der Waals surface area contributed by atoms with Crippen molar-refractivity contribution >= 4 is 45.3 Å². The van der Waals surface area contributed by atoms with E-state index >= 15 is 0 Å². The molecule has 0 saturated carbocycles. The summed E-state index contributed by atoms with van der Waals surface area (Å²) in [6.45, 7) is 10.2. The van der Waals surface area contributed by atoms with Crippen LogP contribution in [-0.4, -0.2) is 87.9 Å². The van der Waals surface area contributed by atoms with Crippen LogP contribution < -0.4 is 15.6 Å². The molecule has 0 unspecified atom stereocenters. The average molecular weight is 530 g/mol. The highest BCUT2D eigenvalue weighted by molar-refractivity contribution is 6.06. The molecule has 6 rings (SSSR count). The summed E-state index contributed by atoms with van der Waals surface area (Å²) in [5.74, 6) is 0.489. The first-order valence-corrected chi connectivity index (χ1v) is 14.0. The fourth-order valence-electron chi connectivity index (χ4n) is 6.09. The van der Waals surface area contributed by atoms with Crippen molar-refractivity contribution in [1.82, 2.24) is 29.1 Å². The van der Waals surface area contributed by atoms with Gasteiger partial charge in [0, 0.05) is 52.7 Å². The number of carbonyl (C=O) groups excluding carboxylic acids is 2. The van der Waals surface area contributed by atoms with E-state index in [9.17, 15) is 14.4 Å². The molecule has 3 aromatic heterocycles. The predicted molar refractivity (Wildman–Crippen MR) is 153 cm³/mol. The Labute approximate surface area is 226 Å². The summed E-state index contributed by atoms with van der Waals surface area (Å²) in [7, 11) is 0. The number of nitrogens with one attached hydrogen (secondary N) is 1. The Bertz CT molecular complexity index is 1630. The second-order valence-electron chi connectivity index (χ2n) is 10.4. The molecule has 0 atom stereocenters. The number of imidazole rings is 1. The smallest absolute Gasteiger partial charge is 0.259 e. The number of nitrogens with zero attached hydrogens (tertiary/aromatic N) is 6. The zero-order valence-electron chi connectivity index (χ0n) is 22.7. The van der Waals surface area contributed by atoms with E-state index in [0.29, 0.717) is 55.9 Å². The van der Waals surface area contributed by atoms with Crippen LogP contribution in [0.15, 0.2) is 41.2 Å². The predicted octanol–water partition coefficient (Wildman–Crippen LogP) is 2.32. The third kappa shape index (κ3) is 4.42. The second-order valence-corrected chi connectivity index (χ2v) is 10.4. The van der Waals surface area contributed by atoms with Crippen LogP contribution in [0.4, 0.5) is 5.82 Å².